The van der Waals surface area contributed by atoms with Crippen molar-refractivity contribution >= 4 is 34.6 Å². The van der Waals surface area contributed by atoms with Gasteiger partial charge in [-0.15, -0.1) is 11.8 Å². The summed E-state index contributed by atoms with van der Waals surface area (Å²) < 4.78 is 0. The minimum Gasteiger partial charge on any atom is -0.368 e. The fraction of sp³-hybridized carbons (Fsp3) is 0.667. The van der Waals surface area contributed by atoms with Crippen LogP contribution in [0.3, 0.4) is 0 Å². The van der Waals surface area contributed by atoms with Gasteiger partial charge in [0.2, 0.25) is 5.95 Å². The van der Waals surface area contributed by atoms with Crippen molar-refractivity contribution in [3.05, 3.63) is 6.33 Å². The molecule has 2 aromatic heterocycles. The number of thioether (sulfide) groups is 1. The first-order valence-electron chi connectivity index (χ1n) is 9.61. The van der Waals surface area contributed by atoms with Gasteiger partial charge in [-0.2, -0.15) is 4.98 Å². The van der Waals surface area contributed by atoms with E-state index < -0.39 is 0 Å². The zero-order valence-electron chi connectivity index (χ0n) is 15.4. The average molecular weight is 374 g/mol. The van der Waals surface area contributed by atoms with Gasteiger partial charge in [0.25, 0.3) is 0 Å². The van der Waals surface area contributed by atoms with Gasteiger partial charge in [-0.3, -0.25) is 0 Å². The average Bonchev–Trinajstić information content (AvgIpc) is 2.72. The molecule has 0 bridgehead atoms. The maximum Gasteiger partial charge on any atom is 0.228 e. The number of hydrogen-bond acceptors (Lipinski definition) is 8. The summed E-state index contributed by atoms with van der Waals surface area (Å²) in [7, 11) is 0. The zero-order valence-corrected chi connectivity index (χ0v) is 16.2. The van der Waals surface area contributed by atoms with Crippen LogP contribution in [0, 0.1) is 5.92 Å². The minimum absolute atomic E-state index is 0.734. The summed E-state index contributed by atoms with van der Waals surface area (Å²) in [4.78, 5) is 20.8. The molecule has 0 radical (unpaired) electrons. The topological polar surface area (TPSA) is 78.9 Å². The van der Waals surface area contributed by atoms with E-state index in [1.807, 2.05) is 6.26 Å². The molecule has 3 heterocycles. The molecule has 26 heavy (non-hydrogen) atoms. The quantitative estimate of drug-likeness (QED) is 0.611. The van der Waals surface area contributed by atoms with Crippen LogP contribution < -0.4 is 15.5 Å². The molecule has 0 spiro atoms. The molecule has 4 rings (SSSR count). The maximum atomic E-state index is 4.86. The second-order valence-electron chi connectivity index (χ2n) is 7.07. The molecular formula is C18H27N7S. The van der Waals surface area contributed by atoms with Crippen LogP contribution in [0.1, 0.15) is 32.1 Å². The molecule has 2 N–H and O–H groups in total. The van der Waals surface area contributed by atoms with Crippen LogP contribution in [0.4, 0.5) is 11.8 Å². The largest absolute Gasteiger partial charge is 0.368 e. The Hall–Kier alpha value is -1.67. The van der Waals surface area contributed by atoms with Crippen LogP contribution in [-0.4, -0.2) is 58.9 Å². The molecule has 1 aliphatic carbocycles. The molecule has 2 aromatic rings. The summed E-state index contributed by atoms with van der Waals surface area (Å²) in [6.45, 7) is 4.75. The SMILES string of the molecule is CSc1ncnc2c(NCC3CCCCC3)nc(N3CCNCC3)nc12. The minimum atomic E-state index is 0.734. The number of anilines is 2. The Morgan fingerprint density at radius 3 is 2.69 bits per heavy atom. The van der Waals surface area contributed by atoms with E-state index in [-0.39, 0.29) is 0 Å². The van der Waals surface area contributed by atoms with Gasteiger partial charge in [0, 0.05) is 32.7 Å². The van der Waals surface area contributed by atoms with E-state index in [1.54, 1.807) is 18.1 Å². The summed E-state index contributed by atoms with van der Waals surface area (Å²) in [6, 6.07) is 0. The van der Waals surface area contributed by atoms with E-state index in [9.17, 15) is 0 Å². The molecule has 1 saturated heterocycles. The van der Waals surface area contributed by atoms with Crippen molar-refractivity contribution in [3.8, 4) is 0 Å². The van der Waals surface area contributed by atoms with Gasteiger partial charge in [0.05, 0.1) is 0 Å². The van der Waals surface area contributed by atoms with Gasteiger partial charge < -0.3 is 15.5 Å². The number of rotatable bonds is 5. The third kappa shape index (κ3) is 3.86. The molecular weight excluding hydrogens is 346 g/mol. The summed E-state index contributed by atoms with van der Waals surface area (Å²) >= 11 is 1.61. The molecule has 2 fully saturated rings. The van der Waals surface area contributed by atoms with E-state index in [1.165, 1.54) is 32.1 Å². The Kier molecular flexibility index (Phi) is 5.69. The number of aromatic nitrogens is 4. The highest BCUT2D eigenvalue weighted by atomic mass is 32.2. The number of nitrogens with zero attached hydrogens (tertiary/aromatic N) is 5. The first-order valence-corrected chi connectivity index (χ1v) is 10.8. The maximum absolute atomic E-state index is 4.86. The normalized spacial score (nSPS) is 19.0. The van der Waals surface area contributed by atoms with Gasteiger partial charge in [0.15, 0.2) is 5.82 Å². The van der Waals surface area contributed by atoms with E-state index in [0.717, 1.165) is 66.5 Å². The fourth-order valence-corrected chi connectivity index (χ4v) is 4.31. The van der Waals surface area contributed by atoms with Gasteiger partial charge in [0.1, 0.15) is 22.4 Å². The summed E-state index contributed by atoms with van der Waals surface area (Å²) in [5.41, 5.74) is 1.69. The highest BCUT2D eigenvalue weighted by Gasteiger charge is 2.20. The first kappa shape index (κ1) is 17.7. The van der Waals surface area contributed by atoms with Crippen molar-refractivity contribution < 1.29 is 0 Å². The second kappa shape index (κ2) is 8.35. The number of nitrogens with one attached hydrogen (secondary N) is 2. The second-order valence-corrected chi connectivity index (χ2v) is 7.87. The van der Waals surface area contributed by atoms with Gasteiger partial charge in [-0.1, -0.05) is 19.3 Å². The van der Waals surface area contributed by atoms with Crippen molar-refractivity contribution in [2.45, 2.75) is 37.1 Å². The van der Waals surface area contributed by atoms with Gasteiger partial charge in [-0.25, -0.2) is 15.0 Å². The lowest BCUT2D eigenvalue weighted by Crippen LogP contribution is -2.44. The fourth-order valence-electron chi connectivity index (χ4n) is 3.83. The van der Waals surface area contributed by atoms with Crippen LogP contribution in [-0.2, 0) is 0 Å². The Morgan fingerprint density at radius 1 is 1.12 bits per heavy atom. The Labute approximate surface area is 158 Å². The molecule has 1 saturated carbocycles. The predicted molar refractivity (Wildman–Crippen MR) is 107 cm³/mol. The lowest BCUT2D eigenvalue weighted by molar-refractivity contribution is 0.373. The zero-order chi connectivity index (χ0) is 17.8. The Morgan fingerprint density at radius 2 is 1.92 bits per heavy atom. The molecule has 0 amide bonds. The standard InChI is InChI=1S/C18H27N7S/c1-26-17-15-14(21-12-22-17)16(20-11-13-5-3-2-4-6-13)24-18(23-15)25-9-7-19-8-10-25/h12-13,19H,2-11H2,1H3,(H,20,23,24). The molecule has 8 heteroatoms. The molecule has 0 atom stereocenters. The van der Waals surface area contributed by atoms with E-state index in [2.05, 4.69) is 25.5 Å². The van der Waals surface area contributed by atoms with Crippen molar-refractivity contribution in [1.29, 1.82) is 0 Å². The summed E-state index contributed by atoms with van der Waals surface area (Å²) in [5.74, 6) is 2.38. The van der Waals surface area contributed by atoms with Crippen molar-refractivity contribution in [2.75, 3.05) is 49.2 Å². The summed E-state index contributed by atoms with van der Waals surface area (Å²) in [5, 5.41) is 7.89. The number of hydrogen-bond donors (Lipinski definition) is 2. The van der Waals surface area contributed by atoms with Crippen LogP contribution in [0.15, 0.2) is 11.4 Å². The Bertz CT molecular complexity index is 742. The van der Waals surface area contributed by atoms with Gasteiger partial charge in [-0.05, 0) is 25.0 Å². The third-order valence-electron chi connectivity index (χ3n) is 5.31. The van der Waals surface area contributed by atoms with Crippen molar-refractivity contribution in [1.82, 2.24) is 25.3 Å². The molecule has 2 aliphatic rings. The summed E-state index contributed by atoms with van der Waals surface area (Å²) in [6.07, 6.45) is 10.3. The smallest absolute Gasteiger partial charge is 0.228 e. The highest BCUT2D eigenvalue weighted by molar-refractivity contribution is 7.98. The number of piperazine rings is 1. The van der Waals surface area contributed by atoms with Crippen LogP contribution in [0.25, 0.3) is 11.0 Å². The van der Waals surface area contributed by atoms with E-state index in [4.69, 9.17) is 9.97 Å². The highest BCUT2D eigenvalue weighted by Crippen LogP contribution is 2.29. The third-order valence-corrected chi connectivity index (χ3v) is 6.00. The van der Waals surface area contributed by atoms with Crippen LogP contribution in [0.2, 0.25) is 0 Å². The monoisotopic (exact) mass is 373 g/mol. The Balaban J connectivity index is 1.66. The molecule has 1 aliphatic heterocycles. The predicted octanol–water partition coefficient (Wildman–Crippen LogP) is 2.54. The number of fused-ring (bicyclic) bond motifs is 1. The van der Waals surface area contributed by atoms with E-state index >= 15 is 0 Å². The first-order chi connectivity index (χ1) is 12.8. The van der Waals surface area contributed by atoms with E-state index in [0.29, 0.717) is 0 Å². The lowest BCUT2D eigenvalue weighted by atomic mass is 9.89. The van der Waals surface area contributed by atoms with Crippen molar-refractivity contribution in [2.24, 2.45) is 5.92 Å². The van der Waals surface area contributed by atoms with Crippen LogP contribution >= 0.6 is 11.8 Å². The van der Waals surface area contributed by atoms with Crippen molar-refractivity contribution in [3.63, 3.8) is 0 Å². The molecule has 0 unspecified atom stereocenters. The lowest BCUT2D eigenvalue weighted by Gasteiger charge is -2.28. The van der Waals surface area contributed by atoms with Gasteiger partial charge >= 0.3 is 0 Å². The van der Waals surface area contributed by atoms with Crippen LogP contribution in [0.5, 0.6) is 0 Å². The molecule has 140 valence electrons. The molecule has 7 nitrogen and oxygen atoms in total. The molecule has 0 aromatic carbocycles.